The van der Waals surface area contributed by atoms with Crippen molar-refractivity contribution in [3.05, 3.63) is 47.8 Å². The maximum absolute atomic E-state index is 10.7. The molecule has 2 aromatic heterocycles. The van der Waals surface area contributed by atoms with Gasteiger partial charge in [-0.1, -0.05) is 0 Å². The predicted molar refractivity (Wildman–Crippen MR) is 64.8 cm³/mol. The Labute approximate surface area is 114 Å². The van der Waals surface area contributed by atoms with Crippen molar-refractivity contribution >= 4 is 15.6 Å². The Hall–Kier alpha value is -1.67. The van der Waals surface area contributed by atoms with Gasteiger partial charge in [-0.2, -0.15) is 17.6 Å². The largest absolute Gasteiger partial charge is 0.741 e. The van der Waals surface area contributed by atoms with E-state index in [1.165, 1.54) is 16.6 Å². The van der Waals surface area contributed by atoms with Gasteiger partial charge in [-0.05, 0) is 25.5 Å². The Morgan fingerprint density at radius 2 is 1.65 bits per heavy atom. The fraction of sp³-hybridized carbons (Fsp3) is 0.250. The number of nitrogens with zero attached hydrogens (tertiary/aromatic N) is 1. The summed E-state index contributed by atoms with van der Waals surface area (Å²) in [7, 11) is -6.09. The van der Waals surface area contributed by atoms with Crippen molar-refractivity contribution in [2.24, 2.45) is 0 Å². The second kappa shape index (κ2) is 5.76. The van der Waals surface area contributed by atoms with Crippen LogP contribution in [0.2, 0.25) is 0 Å². The maximum atomic E-state index is 10.7. The van der Waals surface area contributed by atoms with Gasteiger partial charge in [0.05, 0.1) is 0 Å². The van der Waals surface area contributed by atoms with Crippen LogP contribution in [0.25, 0.3) is 5.52 Å². The molecule has 0 aliphatic heterocycles. The number of fused-ring (bicyclic) bond motifs is 1. The van der Waals surface area contributed by atoms with Crippen LogP contribution in [0.15, 0.2) is 36.7 Å². The summed E-state index contributed by atoms with van der Waals surface area (Å²) >= 11 is 0. The summed E-state index contributed by atoms with van der Waals surface area (Å²) in [5.41, 5.74) is -1.65. The third-order valence-electron chi connectivity index (χ3n) is 2.63. The summed E-state index contributed by atoms with van der Waals surface area (Å²) < 4.78 is 61.0. The van der Waals surface area contributed by atoms with Gasteiger partial charge in [-0.3, -0.25) is 0 Å². The average Bonchev–Trinajstić information content (AvgIpc) is 2.33. The van der Waals surface area contributed by atoms with Gasteiger partial charge in [-0.25, -0.2) is 8.42 Å². The minimum atomic E-state index is -6.09. The van der Waals surface area contributed by atoms with Crippen molar-refractivity contribution in [1.82, 2.24) is 0 Å². The van der Waals surface area contributed by atoms with E-state index in [4.69, 9.17) is 13.0 Å². The van der Waals surface area contributed by atoms with Gasteiger partial charge >= 0.3 is 5.51 Å². The van der Waals surface area contributed by atoms with Crippen molar-refractivity contribution in [3.8, 4) is 0 Å². The number of aryl methyl sites for hydroxylation is 2. The van der Waals surface area contributed by atoms with Gasteiger partial charge < -0.3 is 4.55 Å². The molecule has 0 aromatic carbocycles. The Balaban J connectivity index is 0.000000221. The first-order valence-corrected chi connectivity index (χ1v) is 6.83. The molecule has 110 valence electrons. The van der Waals surface area contributed by atoms with Crippen LogP contribution in [0.3, 0.4) is 0 Å². The van der Waals surface area contributed by atoms with Crippen molar-refractivity contribution in [2.45, 2.75) is 19.4 Å². The van der Waals surface area contributed by atoms with Gasteiger partial charge in [0.15, 0.2) is 22.5 Å². The Morgan fingerprint density at radius 1 is 1.10 bits per heavy atom. The van der Waals surface area contributed by atoms with Crippen LogP contribution in [-0.2, 0) is 10.1 Å². The lowest BCUT2D eigenvalue weighted by Crippen LogP contribution is -2.21. The molecule has 4 nitrogen and oxygen atoms in total. The van der Waals surface area contributed by atoms with Crippen LogP contribution < -0.4 is 4.40 Å². The van der Waals surface area contributed by atoms with Crippen LogP contribution in [0.1, 0.15) is 11.1 Å². The number of hydrogen-bond acceptors (Lipinski definition) is 3. The highest BCUT2D eigenvalue weighted by Crippen LogP contribution is 2.20. The summed E-state index contributed by atoms with van der Waals surface area (Å²) in [6.07, 6.45) is 4.17. The highest BCUT2D eigenvalue weighted by molar-refractivity contribution is 7.86. The molecule has 0 fully saturated rings. The van der Waals surface area contributed by atoms with E-state index in [1.54, 1.807) is 0 Å². The van der Waals surface area contributed by atoms with Crippen LogP contribution in [0, 0.1) is 13.8 Å². The van der Waals surface area contributed by atoms with Gasteiger partial charge in [0.2, 0.25) is 5.52 Å². The maximum Gasteiger partial charge on any atom is 0.485 e. The summed E-state index contributed by atoms with van der Waals surface area (Å²) in [5.74, 6) is 0. The summed E-state index contributed by atoms with van der Waals surface area (Å²) in [6.45, 7) is 4.30. The van der Waals surface area contributed by atoms with E-state index in [2.05, 4.69) is 48.8 Å². The molecule has 2 heterocycles. The minimum Gasteiger partial charge on any atom is -0.741 e. The third kappa shape index (κ3) is 3.91. The Bertz CT molecular complexity index is 711. The molecule has 0 unspecified atom stereocenters. The van der Waals surface area contributed by atoms with Gasteiger partial charge in [0.1, 0.15) is 0 Å². The van der Waals surface area contributed by atoms with Crippen molar-refractivity contribution < 1.29 is 30.5 Å². The fourth-order valence-corrected chi connectivity index (χ4v) is 1.42. The zero-order valence-corrected chi connectivity index (χ0v) is 11.5. The zero-order valence-electron chi connectivity index (χ0n) is 10.7. The van der Waals surface area contributed by atoms with E-state index in [1.807, 2.05) is 6.07 Å². The number of halogens is 3. The first kappa shape index (κ1) is 16.4. The van der Waals surface area contributed by atoms with E-state index in [-0.39, 0.29) is 0 Å². The number of hydrogen-bond donors (Lipinski definition) is 0. The highest BCUT2D eigenvalue weighted by Gasteiger charge is 2.36. The van der Waals surface area contributed by atoms with E-state index >= 15 is 0 Å². The molecule has 20 heavy (non-hydrogen) atoms. The Morgan fingerprint density at radius 3 is 2.15 bits per heavy atom. The first-order valence-electron chi connectivity index (χ1n) is 5.42. The first-order chi connectivity index (χ1) is 9.04. The van der Waals surface area contributed by atoms with Crippen LogP contribution in [-0.4, -0.2) is 18.5 Å². The lowest BCUT2D eigenvalue weighted by molar-refractivity contribution is -0.512. The van der Waals surface area contributed by atoms with Crippen LogP contribution in [0.5, 0.6) is 0 Å². The lowest BCUT2D eigenvalue weighted by atomic mass is 10.1. The normalized spacial score (nSPS) is 11.9. The molecule has 0 saturated heterocycles. The highest BCUT2D eigenvalue weighted by atomic mass is 32.2. The molecule has 0 aliphatic rings. The predicted octanol–water partition coefficient (Wildman–Crippen LogP) is 2.09. The molecular weight excluding hydrogens is 295 g/mol. The van der Waals surface area contributed by atoms with E-state index in [9.17, 15) is 13.2 Å². The van der Waals surface area contributed by atoms with Gasteiger partial charge in [0, 0.05) is 23.8 Å². The van der Waals surface area contributed by atoms with E-state index in [0.29, 0.717) is 0 Å². The van der Waals surface area contributed by atoms with E-state index < -0.39 is 15.6 Å². The lowest BCUT2D eigenvalue weighted by Gasteiger charge is -2.08. The molecule has 0 radical (unpaired) electrons. The molecule has 0 bridgehead atoms. The topological polar surface area (TPSA) is 61.3 Å². The molecule has 0 N–H and O–H groups in total. The van der Waals surface area contributed by atoms with Crippen LogP contribution in [0.4, 0.5) is 13.2 Å². The van der Waals surface area contributed by atoms with Gasteiger partial charge in [-0.15, -0.1) is 0 Å². The number of alkyl halides is 3. The van der Waals surface area contributed by atoms with Crippen LogP contribution >= 0.6 is 0 Å². The molecule has 2 aromatic rings. The molecule has 0 atom stereocenters. The zero-order chi connectivity index (χ0) is 15.6. The molecule has 2 rings (SSSR count). The van der Waals surface area contributed by atoms with Crippen molar-refractivity contribution in [1.29, 1.82) is 0 Å². The second-order valence-electron chi connectivity index (χ2n) is 4.02. The standard InChI is InChI=1S/C11H12N.CHF3O3S/c1-9-6-8-12-7-4-3-5-11(12)10(9)2;2-1(3,4)8(5,6)7/h3-8H,1-2H3;(H,5,6,7)/q+1;/p-1. The minimum absolute atomic E-state index is 1.29. The number of aromatic nitrogens is 1. The van der Waals surface area contributed by atoms with Gasteiger partial charge in [0.25, 0.3) is 0 Å². The molecule has 0 aliphatic carbocycles. The molecular formula is C12H12F3NO3S. The Kier molecular flexibility index (Phi) is 4.72. The monoisotopic (exact) mass is 307 g/mol. The van der Waals surface area contributed by atoms with E-state index in [0.717, 1.165) is 0 Å². The third-order valence-corrected chi connectivity index (χ3v) is 3.20. The average molecular weight is 307 g/mol. The fourth-order valence-electron chi connectivity index (χ4n) is 1.42. The molecule has 0 spiro atoms. The SMILES string of the molecule is Cc1cc[n+]2ccccc2c1C.O=S(=O)([O-])C(F)(F)F. The number of pyridine rings is 2. The summed E-state index contributed by atoms with van der Waals surface area (Å²) in [6, 6.07) is 8.40. The molecule has 8 heteroatoms. The van der Waals surface area contributed by atoms with Crippen molar-refractivity contribution in [2.75, 3.05) is 0 Å². The summed E-state index contributed by atoms with van der Waals surface area (Å²) in [4.78, 5) is 0. The summed E-state index contributed by atoms with van der Waals surface area (Å²) in [5, 5.41) is 0. The second-order valence-corrected chi connectivity index (χ2v) is 5.39. The number of rotatable bonds is 0. The quantitative estimate of drug-likeness (QED) is 0.425. The smallest absolute Gasteiger partial charge is 0.485 e. The molecule has 0 amide bonds. The molecule has 0 saturated carbocycles. The van der Waals surface area contributed by atoms with Crippen molar-refractivity contribution in [3.63, 3.8) is 0 Å².